The maximum absolute atomic E-state index is 13.8. The third-order valence-electron chi connectivity index (χ3n) is 12.0. The van der Waals surface area contributed by atoms with Gasteiger partial charge in [-0.05, 0) is 44.4 Å². The number of ketones is 1. The van der Waals surface area contributed by atoms with Crippen molar-refractivity contribution in [1.82, 2.24) is 15.5 Å². The lowest BCUT2D eigenvalue weighted by atomic mass is 9.74. The number of hydrogen-bond acceptors (Lipinski definition) is 14. The van der Waals surface area contributed by atoms with Crippen LogP contribution in [0.2, 0.25) is 0 Å². The molecular formula is C37H62N4O14. The third kappa shape index (κ3) is 10.7. The molecule has 2 saturated carbocycles. The maximum Gasteiger partial charge on any atom is 0.312 e. The van der Waals surface area contributed by atoms with Crippen LogP contribution in [-0.4, -0.2) is 160 Å². The minimum atomic E-state index is -1.64. The van der Waals surface area contributed by atoms with Crippen molar-refractivity contribution >= 4 is 23.6 Å². The highest BCUT2D eigenvalue weighted by atomic mass is 16.7. The van der Waals surface area contributed by atoms with Crippen LogP contribution in [0.5, 0.6) is 0 Å². The number of nitrogens with one attached hydrogen (secondary N) is 2. The zero-order chi connectivity index (χ0) is 40.0. The van der Waals surface area contributed by atoms with Gasteiger partial charge in [0.05, 0.1) is 31.5 Å². The molecule has 3 heterocycles. The van der Waals surface area contributed by atoms with Crippen LogP contribution in [0.1, 0.15) is 85.0 Å². The number of aliphatic hydroxyl groups excluding tert-OH is 5. The van der Waals surface area contributed by atoms with Crippen LogP contribution in [0.3, 0.4) is 0 Å². The predicted octanol–water partition coefficient (Wildman–Crippen LogP) is -1.20. The molecule has 0 aromatic heterocycles. The molecule has 3 saturated heterocycles. The molecule has 314 valence electrons. The van der Waals surface area contributed by atoms with E-state index >= 15 is 0 Å². The van der Waals surface area contributed by atoms with Crippen LogP contribution in [0.4, 0.5) is 4.79 Å². The summed E-state index contributed by atoms with van der Waals surface area (Å²) in [5.41, 5.74) is 5.23. The Morgan fingerprint density at radius 1 is 0.891 bits per heavy atom. The first kappa shape index (κ1) is 43.6. The highest BCUT2D eigenvalue weighted by Gasteiger charge is 2.53. The second-order valence-corrected chi connectivity index (χ2v) is 15.9. The van der Waals surface area contributed by atoms with Crippen molar-refractivity contribution in [3.63, 3.8) is 0 Å². The third-order valence-corrected chi connectivity index (χ3v) is 12.0. The summed E-state index contributed by atoms with van der Waals surface area (Å²) in [6.07, 6.45) is -8.14. The second kappa shape index (κ2) is 19.8. The lowest BCUT2D eigenvalue weighted by Gasteiger charge is -2.49. The number of carbonyl (C=O) groups is 4. The zero-order valence-electron chi connectivity index (χ0n) is 32.1. The molecule has 9 N–H and O–H groups in total. The van der Waals surface area contributed by atoms with Gasteiger partial charge < -0.3 is 70.5 Å². The highest BCUT2D eigenvalue weighted by Crippen LogP contribution is 2.40. The number of ether oxygens (including phenoxy) is 5. The van der Waals surface area contributed by atoms with Gasteiger partial charge in [0, 0.05) is 25.9 Å². The summed E-state index contributed by atoms with van der Waals surface area (Å²) < 4.78 is 31.5. The van der Waals surface area contributed by atoms with E-state index in [0.717, 1.165) is 38.5 Å². The number of likely N-dealkylation sites (tertiary alicyclic amines) is 1. The summed E-state index contributed by atoms with van der Waals surface area (Å²) >= 11 is 0. The molecule has 0 radical (unpaired) electrons. The Balaban J connectivity index is 1.46. The van der Waals surface area contributed by atoms with Crippen LogP contribution >= 0.6 is 0 Å². The molecule has 5 rings (SSSR count). The Morgan fingerprint density at radius 2 is 1.60 bits per heavy atom. The monoisotopic (exact) mass is 786 g/mol. The smallest absolute Gasteiger partial charge is 0.312 e. The fourth-order valence-electron chi connectivity index (χ4n) is 8.68. The minimum absolute atomic E-state index is 0.00621. The number of carbonyl (C=O) groups excluding carboxylic acids is 4. The van der Waals surface area contributed by atoms with E-state index in [1.807, 2.05) is 6.92 Å². The highest BCUT2D eigenvalue weighted by molar-refractivity contribution is 5.86. The van der Waals surface area contributed by atoms with Crippen molar-refractivity contribution in [1.29, 1.82) is 0 Å². The molecule has 0 bridgehead atoms. The van der Waals surface area contributed by atoms with Gasteiger partial charge in [-0.2, -0.15) is 0 Å². The molecule has 15 atom stereocenters. The van der Waals surface area contributed by atoms with Crippen LogP contribution in [0.15, 0.2) is 0 Å². The molecule has 18 heteroatoms. The number of amides is 4. The molecule has 4 amide bonds. The summed E-state index contributed by atoms with van der Waals surface area (Å²) in [5.74, 6) is -1.91. The zero-order valence-corrected chi connectivity index (χ0v) is 32.1. The summed E-state index contributed by atoms with van der Waals surface area (Å²) in [6, 6.07) is -2.08. The van der Waals surface area contributed by atoms with Crippen molar-refractivity contribution in [3.8, 4) is 0 Å². The van der Waals surface area contributed by atoms with E-state index in [0.29, 0.717) is 25.9 Å². The number of urea groups is 1. The molecule has 6 unspecified atom stereocenters. The minimum Gasteiger partial charge on any atom is -0.394 e. The van der Waals surface area contributed by atoms with Crippen LogP contribution in [0, 0.1) is 17.8 Å². The van der Waals surface area contributed by atoms with Crippen LogP contribution < -0.4 is 16.4 Å². The van der Waals surface area contributed by atoms with E-state index < -0.39 is 110 Å². The topological polar surface area (TPSA) is 269 Å². The molecule has 55 heavy (non-hydrogen) atoms. The first-order chi connectivity index (χ1) is 26.2. The van der Waals surface area contributed by atoms with Gasteiger partial charge in [-0.1, -0.05) is 45.4 Å². The molecule has 5 fully saturated rings. The number of rotatable bonds is 15. The fourth-order valence-corrected chi connectivity index (χ4v) is 8.68. The molecule has 5 aliphatic rings. The van der Waals surface area contributed by atoms with Crippen molar-refractivity contribution in [2.24, 2.45) is 23.5 Å². The van der Waals surface area contributed by atoms with Crippen LogP contribution in [0.25, 0.3) is 0 Å². The fraction of sp³-hybridized carbons (Fsp3) is 0.892. The van der Waals surface area contributed by atoms with Crippen molar-refractivity contribution in [2.75, 3.05) is 26.2 Å². The van der Waals surface area contributed by atoms with E-state index in [1.54, 1.807) is 4.90 Å². The van der Waals surface area contributed by atoms with Gasteiger partial charge in [0.2, 0.25) is 5.91 Å². The molecular weight excluding hydrogens is 724 g/mol. The van der Waals surface area contributed by atoms with Gasteiger partial charge in [-0.25, -0.2) is 4.79 Å². The number of Topliss-reactive ketones (excluding diaryl/α,β-unsaturated/α-hetero) is 1. The Hall–Kier alpha value is -2.52. The Bertz CT molecular complexity index is 1300. The summed E-state index contributed by atoms with van der Waals surface area (Å²) in [7, 11) is 0. The molecule has 2 aliphatic carbocycles. The summed E-state index contributed by atoms with van der Waals surface area (Å²) in [5, 5.41) is 58.9. The van der Waals surface area contributed by atoms with Gasteiger partial charge in [-0.3, -0.25) is 14.4 Å². The normalized spacial score (nSPS) is 39.1. The Labute approximate surface area is 321 Å². The number of nitrogens with two attached hydrogens (primary N) is 1. The summed E-state index contributed by atoms with van der Waals surface area (Å²) in [6.45, 7) is 4.83. The van der Waals surface area contributed by atoms with E-state index in [1.165, 1.54) is 13.8 Å². The standard InChI is InChI=1S/C37H62N4O14/c1-4-21-14-22(23(44)16-39-37(38)50)15-24(32(21)55-36-31(48)30(47)28(45)18(2)51-36)53-35-27(40-19(3)43)33(29(46)26(17-42)54-35)52-25(34(49)41-11-8-12-41)13-20-9-6-5-7-10-20/h18,20-22,24-33,35-36,42,45-48H,4-17H2,1-3H3,(H,40,43)(H3,38,39,50)/t18?,21?,22?,24-,25+,26+,27?,28-,29+,30+,31?,32-,33?,35-,36+/m1/s1. The predicted molar refractivity (Wildman–Crippen MR) is 192 cm³/mol. The van der Waals surface area contributed by atoms with E-state index in [2.05, 4.69) is 10.6 Å². The lowest BCUT2D eigenvalue weighted by Crippen LogP contribution is -2.67. The quantitative estimate of drug-likeness (QED) is 0.0970. The largest absolute Gasteiger partial charge is 0.394 e. The number of hydrogen-bond donors (Lipinski definition) is 8. The number of nitrogens with zero attached hydrogens (tertiary/aromatic N) is 1. The van der Waals surface area contributed by atoms with E-state index in [-0.39, 0.29) is 37.0 Å². The van der Waals surface area contributed by atoms with Crippen LogP contribution in [-0.2, 0) is 38.1 Å². The second-order valence-electron chi connectivity index (χ2n) is 15.9. The van der Waals surface area contributed by atoms with Gasteiger partial charge in [-0.15, -0.1) is 0 Å². The molecule has 0 aromatic rings. The van der Waals surface area contributed by atoms with E-state index in [4.69, 9.17) is 29.4 Å². The Morgan fingerprint density at radius 3 is 2.20 bits per heavy atom. The molecule has 18 nitrogen and oxygen atoms in total. The number of primary amides is 1. The van der Waals surface area contributed by atoms with Gasteiger partial charge in [0.1, 0.15) is 48.8 Å². The Kier molecular flexibility index (Phi) is 15.7. The summed E-state index contributed by atoms with van der Waals surface area (Å²) in [4.78, 5) is 53.2. The van der Waals surface area contributed by atoms with Crippen molar-refractivity contribution in [2.45, 2.75) is 165 Å². The average Bonchev–Trinajstić information content (AvgIpc) is 3.13. The number of aliphatic hydroxyl groups is 5. The molecule has 0 aromatic carbocycles. The first-order valence-corrected chi connectivity index (χ1v) is 19.9. The van der Waals surface area contributed by atoms with Crippen molar-refractivity contribution in [3.05, 3.63) is 0 Å². The maximum atomic E-state index is 13.8. The van der Waals surface area contributed by atoms with E-state index in [9.17, 15) is 44.7 Å². The molecule has 3 aliphatic heterocycles. The van der Waals surface area contributed by atoms with Gasteiger partial charge in [0.25, 0.3) is 5.91 Å². The molecule has 0 spiro atoms. The SMILES string of the molecule is CCC1CC(C(=O)CNC(N)=O)C[C@@H](O[C@@H]2O[C@@H](CO)[C@H](O)C(O[C@@H](CC3CCCCC3)C(=O)N3CCC3)C2NC(C)=O)[C@@H]1O[C@@H]1OC(C)[C@@H](O)[C@H](O)C1O. The first-order valence-electron chi connectivity index (χ1n) is 19.9. The van der Waals surface area contributed by atoms with Gasteiger partial charge in [0.15, 0.2) is 18.4 Å². The average molecular weight is 787 g/mol. The van der Waals surface area contributed by atoms with Crippen molar-refractivity contribution < 1.29 is 68.4 Å². The lowest BCUT2D eigenvalue weighted by molar-refractivity contribution is -0.338. The van der Waals surface area contributed by atoms with Gasteiger partial charge >= 0.3 is 6.03 Å².